The highest BCUT2D eigenvalue weighted by molar-refractivity contribution is 5.88. The Labute approximate surface area is 207 Å². The Bertz CT molecular complexity index is 817. The fourth-order valence-corrected chi connectivity index (χ4v) is 4.84. The van der Waals surface area contributed by atoms with E-state index in [-0.39, 0.29) is 24.5 Å². The predicted molar refractivity (Wildman–Crippen MR) is 131 cm³/mol. The third kappa shape index (κ3) is 9.14. The summed E-state index contributed by atoms with van der Waals surface area (Å²) in [5.41, 5.74) is 0.943. The molecule has 0 unspecified atom stereocenters. The van der Waals surface area contributed by atoms with Crippen molar-refractivity contribution in [1.82, 2.24) is 15.5 Å². The monoisotopic (exact) mass is 489 g/mol. The Hall–Kier alpha value is -2.65. The van der Waals surface area contributed by atoms with Crippen LogP contribution < -0.4 is 15.4 Å². The lowest BCUT2D eigenvalue weighted by Gasteiger charge is -2.34. The maximum atomic E-state index is 13.4. The molecule has 2 heterocycles. The third-order valence-corrected chi connectivity index (χ3v) is 6.90. The first kappa shape index (κ1) is 26.9. The van der Waals surface area contributed by atoms with Crippen LogP contribution in [-0.4, -0.2) is 79.8 Å². The van der Waals surface area contributed by atoms with Gasteiger partial charge in [0.2, 0.25) is 11.8 Å². The minimum Gasteiger partial charge on any atom is -0.497 e. The first-order valence-electron chi connectivity index (χ1n) is 12.7. The van der Waals surface area contributed by atoms with Crippen LogP contribution in [0.15, 0.2) is 24.3 Å². The highest BCUT2D eigenvalue weighted by Gasteiger charge is 2.30. The molecule has 0 aromatic heterocycles. The van der Waals surface area contributed by atoms with Gasteiger partial charge in [0.15, 0.2) is 0 Å². The maximum Gasteiger partial charge on any atom is 0.329 e. The van der Waals surface area contributed by atoms with Gasteiger partial charge < -0.3 is 30.1 Å². The van der Waals surface area contributed by atoms with Crippen molar-refractivity contribution >= 4 is 17.8 Å². The number of hydrogen-bond donors (Lipinski definition) is 3. The second-order valence-electron chi connectivity index (χ2n) is 9.49. The summed E-state index contributed by atoms with van der Waals surface area (Å²) in [4.78, 5) is 38.7. The molecule has 2 aliphatic rings. The molecule has 0 aliphatic carbocycles. The van der Waals surface area contributed by atoms with E-state index in [0.717, 1.165) is 50.1 Å². The fraction of sp³-hybridized carbons (Fsp3) is 0.654. The molecule has 2 fully saturated rings. The van der Waals surface area contributed by atoms with Gasteiger partial charge in [0.05, 0.1) is 13.2 Å². The number of methoxy groups -OCH3 is 1. The molecule has 9 nitrogen and oxygen atoms in total. The average molecular weight is 490 g/mol. The van der Waals surface area contributed by atoms with E-state index in [1.165, 1.54) is 0 Å². The Morgan fingerprint density at radius 1 is 1.11 bits per heavy atom. The second-order valence-corrected chi connectivity index (χ2v) is 9.49. The Morgan fingerprint density at radius 3 is 2.43 bits per heavy atom. The van der Waals surface area contributed by atoms with E-state index in [2.05, 4.69) is 10.6 Å². The van der Waals surface area contributed by atoms with Crippen LogP contribution in [0.5, 0.6) is 5.75 Å². The molecule has 194 valence electrons. The molecule has 9 heteroatoms. The lowest BCUT2D eigenvalue weighted by Crippen LogP contribution is -2.52. The third-order valence-electron chi connectivity index (χ3n) is 6.90. The smallest absolute Gasteiger partial charge is 0.329 e. The standard InChI is InChI=1S/C26H39N3O6/c1-34-21-7-5-20(6-8-21)17-23(28-24(30)4-2-3-19-9-13-27-14-10-19)26(33)29-15-11-22(12-16-29)35-18-25(31)32/h5-8,19,22-23,27H,2-4,9-18H2,1H3,(H,28,30)(H,31,32)/t23-/m0/s1. The number of piperidine rings is 2. The molecule has 0 saturated carbocycles. The second kappa shape index (κ2) is 14.0. The molecule has 2 aliphatic heterocycles. The Morgan fingerprint density at radius 2 is 1.80 bits per heavy atom. The zero-order valence-corrected chi connectivity index (χ0v) is 20.7. The van der Waals surface area contributed by atoms with Crippen LogP contribution in [0.1, 0.15) is 50.5 Å². The summed E-state index contributed by atoms with van der Waals surface area (Å²) in [5, 5.41) is 15.2. The van der Waals surface area contributed by atoms with Crippen molar-refractivity contribution in [1.29, 1.82) is 0 Å². The van der Waals surface area contributed by atoms with Gasteiger partial charge in [-0.2, -0.15) is 0 Å². The van der Waals surface area contributed by atoms with Gasteiger partial charge in [0.1, 0.15) is 18.4 Å². The highest BCUT2D eigenvalue weighted by Crippen LogP contribution is 2.20. The topological polar surface area (TPSA) is 117 Å². The lowest BCUT2D eigenvalue weighted by atomic mass is 9.92. The van der Waals surface area contributed by atoms with Gasteiger partial charge in [-0.25, -0.2) is 4.79 Å². The molecule has 1 atom stereocenters. The molecule has 2 amide bonds. The molecular formula is C26H39N3O6. The number of carbonyl (C=O) groups is 3. The lowest BCUT2D eigenvalue weighted by molar-refractivity contribution is -0.147. The molecule has 35 heavy (non-hydrogen) atoms. The average Bonchev–Trinajstić information content (AvgIpc) is 2.88. The van der Waals surface area contributed by atoms with E-state index in [4.69, 9.17) is 14.6 Å². The predicted octanol–water partition coefficient (Wildman–Crippen LogP) is 1.98. The van der Waals surface area contributed by atoms with Crippen LogP contribution >= 0.6 is 0 Å². The summed E-state index contributed by atoms with van der Waals surface area (Å²) in [5.74, 6) is 0.216. The minimum atomic E-state index is -0.995. The van der Waals surface area contributed by atoms with Gasteiger partial charge in [-0.1, -0.05) is 12.1 Å². The molecule has 0 spiro atoms. The van der Waals surface area contributed by atoms with Gasteiger partial charge in [-0.3, -0.25) is 9.59 Å². The number of rotatable bonds is 12. The number of ether oxygens (including phenoxy) is 2. The van der Waals surface area contributed by atoms with Crippen molar-refractivity contribution in [3.8, 4) is 5.75 Å². The van der Waals surface area contributed by atoms with Gasteiger partial charge in [0, 0.05) is 25.9 Å². The Kier molecular flexibility index (Phi) is 10.8. The van der Waals surface area contributed by atoms with Crippen LogP contribution in [0, 0.1) is 5.92 Å². The van der Waals surface area contributed by atoms with Crippen LogP contribution in [0.3, 0.4) is 0 Å². The van der Waals surface area contributed by atoms with Crippen molar-refractivity contribution in [3.63, 3.8) is 0 Å². The summed E-state index contributed by atoms with van der Waals surface area (Å²) < 4.78 is 10.6. The largest absolute Gasteiger partial charge is 0.497 e. The van der Waals surface area contributed by atoms with E-state index in [1.54, 1.807) is 12.0 Å². The van der Waals surface area contributed by atoms with Gasteiger partial charge in [0.25, 0.3) is 0 Å². The normalized spacial score (nSPS) is 18.1. The van der Waals surface area contributed by atoms with Crippen molar-refractivity contribution in [2.45, 2.75) is 63.5 Å². The molecule has 1 aromatic rings. The number of likely N-dealkylation sites (tertiary alicyclic amines) is 1. The SMILES string of the molecule is COc1ccc(C[C@H](NC(=O)CCCC2CCNCC2)C(=O)N2CCC(OCC(=O)O)CC2)cc1. The van der Waals surface area contributed by atoms with E-state index >= 15 is 0 Å². The first-order valence-corrected chi connectivity index (χ1v) is 12.7. The highest BCUT2D eigenvalue weighted by atomic mass is 16.5. The first-order chi connectivity index (χ1) is 16.9. The molecule has 3 rings (SSSR count). The minimum absolute atomic E-state index is 0.0922. The van der Waals surface area contributed by atoms with E-state index in [0.29, 0.717) is 44.7 Å². The number of carboxylic acids is 1. The summed E-state index contributed by atoms with van der Waals surface area (Å²) in [6.07, 6.45) is 6.00. The summed E-state index contributed by atoms with van der Waals surface area (Å²) in [6.45, 7) is 2.73. The van der Waals surface area contributed by atoms with Gasteiger partial charge in [-0.15, -0.1) is 0 Å². The van der Waals surface area contributed by atoms with Gasteiger partial charge >= 0.3 is 5.97 Å². The van der Waals surface area contributed by atoms with Crippen LogP contribution in [-0.2, 0) is 25.5 Å². The molecule has 0 bridgehead atoms. The van der Waals surface area contributed by atoms with E-state index < -0.39 is 12.0 Å². The summed E-state index contributed by atoms with van der Waals surface area (Å²) in [6, 6.07) is 6.88. The van der Waals surface area contributed by atoms with Crippen LogP contribution in [0.2, 0.25) is 0 Å². The van der Waals surface area contributed by atoms with Crippen molar-refractivity contribution < 1.29 is 29.0 Å². The fourth-order valence-electron chi connectivity index (χ4n) is 4.84. The molecule has 0 radical (unpaired) electrons. The number of nitrogens with one attached hydrogen (secondary N) is 2. The van der Waals surface area contributed by atoms with Crippen molar-refractivity contribution in [3.05, 3.63) is 29.8 Å². The van der Waals surface area contributed by atoms with E-state index in [1.807, 2.05) is 24.3 Å². The quantitative estimate of drug-likeness (QED) is 0.411. The number of benzene rings is 1. The number of nitrogens with zero attached hydrogens (tertiary/aromatic N) is 1. The Balaban J connectivity index is 1.55. The maximum absolute atomic E-state index is 13.4. The molecule has 2 saturated heterocycles. The van der Waals surface area contributed by atoms with E-state index in [9.17, 15) is 14.4 Å². The zero-order chi connectivity index (χ0) is 25.0. The number of carbonyl (C=O) groups excluding carboxylic acids is 2. The number of aliphatic carboxylic acids is 1. The van der Waals surface area contributed by atoms with Crippen LogP contribution in [0.4, 0.5) is 0 Å². The molecule has 1 aromatic carbocycles. The number of amides is 2. The van der Waals surface area contributed by atoms with Gasteiger partial charge in [-0.05, 0) is 75.2 Å². The number of carboxylic acid groups (broad SMARTS) is 1. The van der Waals surface area contributed by atoms with Crippen molar-refractivity contribution in [2.75, 3.05) is 39.9 Å². The summed E-state index contributed by atoms with van der Waals surface area (Å²) >= 11 is 0. The molecule has 3 N–H and O–H groups in total. The van der Waals surface area contributed by atoms with Crippen LogP contribution in [0.25, 0.3) is 0 Å². The van der Waals surface area contributed by atoms with Crippen molar-refractivity contribution in [2.24, 2.45) is 5.92 Å². The molecular weight excluding hydrogens is 450 g/mol. The zero-order valence-electron chi connectivity index (χ0n) is 20.7. The number of hydrogen-bond acceptors (Lipinski definition) is 6. The summed E-state index contributed by atoms with van der Waals surface area (Å²) in [7, 11) is 1.61.